The van der Waals surface area contributed by atoms with Gasteiger partial charge in [0.05, 0.1) is 5.92 Å². The summed E-state index contributed by atoms with van der Waals surface area (Å²) in [6, 6.07) is 13.0. The predicted octanol–water partition coefficient (Wildman–Crippen LogP) is 4.18. The number of fused-ring (bicyclic) bond motifs is 3. The van der Waals surface area contributed by atoms with E-state index in [1.54, 1.807) is 0 Å². The average Bonchev–Trinajstić information content (AvgIpc) is 2.97. The molecule has 0 aliphatic heterocycles. The maximum atomic E-state index is 12.8. The summed E-state index contributed by atoms with van der Waals surface area (Å²) < 4.78 is 43.6. The van der Waals surface area contributed by atoms with E-state index in [1.165, 1.54) is 0 Å². The van der Waals surface area contributed by atoms with E-state index in [-0.39, 0.29) is 12.5 Å². The number of halogens is 3. The van der Waals surface area contributed by atoms with Crippen molar-refractivity contribution in [1.29, 1.82) is 0 Å². The Hall–Kier alpha value is -3.03. The quantitative estimate of drug-likeness (QED) is 0.799. The Morgan fingerprint density at radius 3 is 2.04 bits per heavy atom. The van der Waals surface area contributed by atoms with E-state index in [0.717, 1.165) is 22.3 Å². The van der Waals surface area contributed by atoms with E-state index in [0.29, 0.717) is 6.92 Å². The number of alkyl carbamates (subject to hydrolysis) is 1. The largest absolute Gasteiger partial charge is 0.480 e. The Morgan fingerprint density at radius 2 is 1.57 bits per heavy atom. The summed E-state index contributed by atoms with van der Waals surface area (Å²) in [7, 11) is 0. The predicted molar refractivity (Wildman–Crippen MR) is 94.8 cm³/mol. The van der Waals surface area contributed by atoms with Crippen molar-refractivity contribution in [2.45, 2.75) is 25.1 Å². The van der Waals surface area contributed by atoms with Crippen molar-refractivity contribution in [3.8, 4) is 11.1 Å². The van der Waals surface area contributed by atoms with Crippen LogP contribution in [0.15, 0.2) is 48.5 Å². The highest BCUT2D eigenvalue weighted by molar-refractivity contribution is 5.81. The molecule has 2 atom stereocenters. The minimum atomic E-state index is -4.76. The molecule has 1 aliphatic rings. The fourth-order valence-electron chi connectivity index (χ4n) is 3.36. The van der Waals surface area contributed by atoms with Gasteiger partial charge in [-0.15, -0.1) is 0 Å². The third-order valence-electron chi connectivity index (χ3n) is 4.90. The van der Waals surface area contributed by atoms with Crippen molar-refractivity contribution in [2.24, 2.45) is 5.92 Å². The summed E-state index contributed by atoms with van der Waals surface area (Å²) in [5, 5.41) is 10.8. The number of carboxylic acids is 1. The standard InChI is InChI=1S/C20H18F3NO4/c1-11(20(21,22)23)17(18(25)26)24-19(27)28-10-16-14-8-4-2-6-12(14)13-7-3-5-9-15(13)16/h2-9,11,16-17H,10H2,1H3,(H,24,27)(H,25,26). The van der Waals surface area contributed by atoms with Gasteiger partial charge in [0.25, 0.3) is 0 Å². The van der Waals surface area contributed by atoms with Gasteiger partial charge in [-0.25, -0.2) is 9.59 Å². The van der Waals surface area contributed by atoms with Gasteiger partial charge in [-0.3, -0.25) is 0 Å². The number of aliphatic carboxylic acids is 1. The smallest absolute Gasteiger partial charge is 0.407 e. The zero-order chi connectivity index (χ0) is 20.5. The number of carbonyl (C=O) groups is 2. The molecule has 5 nitrogen and oxygen atoms in total. The zero-order valence-electron chi connectivity index (χ0n) is 14.9. The molecule has 0 aromatic heterocycles. The lowest BCUT2D eigenvalue weighted by molar-refractivity contribution is -0.184. The van der Waals surface area contributed by atoms with Gasteiger partial charge in [0.2, 0.25) is 0 Å². The average molecular weight is 393 g/mol. The van der Waals surface area contributed by atoms with Gasteiger partial charge in [-0.2, -0.15) is 13.2 Å². The fourth-order valence-corrected chi connectivity index (χ4v) is 3.36. The maximum Gasteiger partial charge on any atom is 0.407 e. The third-order valence-corrected chi connectivity index (χ3v) is 4.90. The molecular formula is C20H18F3NO4. The van der Waals surface area contributed by atoms with Gasteiger partial charge >= 0.3 is 18.2 Å². The van der Waals surface area contributed by atoms with Crippen LogP contribution in [0.2, 0.25) is 0 Å². The Kier molecular flexibility index (Phi) is 5.31. The SMILES string of the molecule is CC(C(NC(=O)OCC1c2ccccc2-c2ccccc21)C(=O)O)C(F)(F)F. The summed E-state index contributed by atoms with van der Waals surface area (Å²) in [5.41, 5.74) is 3.88. The van der Waals surface area contributed by atoms with E-state index in [9.17, 15) is 22.8 Å². The Balaban J connectivity index is 1.72. The van der Waals surface area contributed by atoms with E-state index in [2.05, 4.69) is 0 Å². The van der Waals surface area contributed by atoms with Gasteiger partial charge in [0.15, 0.2) is 0 Å². The lowest BCUT2D eigenvalue weighted by atomic mass is 9.98. The van der Waals surface area contributed by atoms with Gasteiger partial charge in [-0.1, -0.05) is 55.5 Å². The summed E-state index contributed by atoms with van der Waals surface area (Å²) in [5.74, 6) is -4.31. The van der Waals surface area contributed by atoms with Crippen LogP contribution in [0.5, 0.6) is 0 Å². The first-order valence-electron chi connectivity index (χ1n) is 8.61. The van der Waals surface area contributed by atoms with Crippen LogP contribution in [0.4, 0.5) is 18.0 Å². The van der Waals surface area contributed by atoms with Crippen LogP contribution < -0.4 is 5.32 Å². The molecule has 2 aromatic rings. The van der Waals surface area contributed by atoms with E-state index in [1.807, 2.05) is 53.8 Å². The summed E-state index contributed by atoms with van der Waals surface area (Å²) in [6.07, 6.45) is -5.97. The van der Waals surface area contributed by atoms with E-state index < -0.39 is 30.2 Å². The van der Waals surface area contributed by atoms with Crippen molar-refractivity contribution in [3.63, 3.8) is 0 Å². The van der Waals surface area contributed by atoms with Crippen LogP contribution in [-0.2, 0) is 9.53 Å². The Bertz CT molecular complexity index is 852. The number of ether oxygens (including phenoxy) is 1. The highest BCUT2D eigenvalue weighted by Gasteiger charge is 2.45. The molecule has 3 rings (SSSR count). The summed E-state index contributed by atoms with van der Waals surface area (Å²) in [6.45, 7) is 0.578. The van der Waals surface area contributed by atoms with Crippen LogP contribution in [-0.4, -0.2) is 36.0 Å². The number of nitrogens with one attached hydrogen (secondary N) is 1. The zero-order valence-corrected chi connectivity index (χ0v) is 14.9. The van der Waals surface area contributed by atoms with Crippen LogP contribution in [0.1, 0.15) is 24.0 Å². The normalized spacial score (nSPS) is 15.3. The first kappa shape index (κ1) is 19.7. The number of carbonyl (C=O) groups excluding carboxylic acids is 1. The minimum Gasteiger partial charge on any atom is -0.480 e. The van der Waals surface area contributed by atoms with Gasteiger partial charge in [-0.05, 0) is 22.3 Å². The van der Waals surface area contributed by atoms with Gasteiger partial charge in [0.1, 0.15) is 12.6 Å². The molecule has 28 heavy (non-hydrogen) atoms. The first-order chi connectivity index (χ1) is 13.2. The Morgan fingerprint density at radius 1 is 1.07 bits per heavy atom. The van der Waals surface area contributed by atoms with Crippen molar-refractivity contribution in [3.05, 3.63) is 59.7 Å². The molecule has 0 fully saturated rings. The molecule has 2 N–H and O–H groups in total. The third kappa shape index (κ3) is 3.81. The molecule has 2 aromatic carbocycles. The highest BCUT2D eigenvalue weighted by Crippen LogP contribution is 2.44. The summed E-state index contributed by atoms with van der Waals surface area (Å²) >= 11 is 0. The molecule has 0 radical (unpaired) electrons. The number of carboxylic acid groups (broad SMARTS) is 1. The number of benzene rings is 2. The van der Waals surface area contributed by atoms with Crippen LogP contribution in [0.25, 0.3) is 11.1 Å². The van der Waals surface area contributed by atoms with Crippen LogP contribution in [0, 0.1) is 5.92 Å². The first-order valence-corrected chi connectivity index (χ1v) is 8.61. The minimum absolute atomic E-state index is 0.118. The summed E-state index contributed by atoms with van der Waals surface area (Å²) in [4.78, 5) is 23.1. The second kappa shape index (κ2) is 7.53. The van der Waals surface area contributed by atoms with Gasteiger partial charge in [0, 0.05) is 5.92 Å². The topological polar surface area (TPSA) is 75.6 Å². The monoisotopic (exact) mass is 393 g/mol. The second-order valence-corrected chi connectivity index (χ2v) is 6.62. The number of hydrogen-bond acceptors (Lipinski definition) is 3. The van der Waals surface area contributed by atoms with E-state index in [4.69, 9.17) is 9.84 Å². The molecular weight excluding hydrogens is 375 g/mol. The van der Waals surface area contributed by atoms with Gasteiger partial charge < -0.3 is 15.2 Å². The van der Waals surface area contributed by atoms with Crippen molar-refractivity contribution in [2.75, 3.05) is 6.61 Å². The van der Waals surface area contributed by atoms with Crippen LogP contribution >= 0.6 is 0 Å². The molecule has 8 heteroatoms. The molecule has 0 saturated carbocycles. The molecule has 0 heterocycles. The number of rotatable bonds is 5. The van der Waals surface area contributed by atoms with Crippen LogP contribution in [0.3, 0.4) is 0 Å². The fraction of sp³-hybridized carbons (Fsp3) is 0.300. The van der Waals surface area contributed by atoms with Crippen molar-refractivity contribution in [1.82, 2.24) is 5.32 Å². The molecule has 0 spiro atoms. The molecule has 148 valence electrons. The highest BCUT2D eigenvalue weighted by atomic mass is 19.4. The molecule has 2 unspecified atom stereocenters. The number of hydrogen-bond donors (Lipinski definition) is 2. The number of amides is 1. The molecule has 0 bridgehead atoms. The van der Waals surface area contributed by atoms with E-state index >= 15 is 0 Å². The lowest BCUT2D eigenvalue weighted by Gasteiger charge is -2.23. The molecule has 1 amide bonds. The second-order valence-electron chi connectivity index (χ2n) is 6.62. The molecule has 1 aliphatic carbocycles. The number of alkyl halides is 3. The van der Waals surface area contributed by atoms with Crippen molar-refractivity contribution >= 4 is 12.1 Å². The van der Waals surface area contributed by atoms with Crippen molar-refractivity contribution < 1.29 is 32.6 Å². The Labute approximate surface area is 159 Å². The maximum absolute atomic E-state index is 12.8. The molecule has 0 saturated heterocycles. The lowest BCUT2D eigenvalue weighted by Crippen LogP contribution is -2.49.